The molecule has 0 aromatic heterocycles. The van der Waals surface area contributed by atoms with Crippen molar-refractivity contribution in [3.05, 3.63) is 53.1 Å². The monoisotopic (exact) mass is 344 g/mol. The van der Waals surface area contributed by atoms with Crippen molar-refractivity contribution in [2.45, 2.75) is 20.8 Å². The number of carbonyl (C=O) groups is 1. The molecule has 6 heteroatoms. The maximum absolute atomic E-state index is 11.9. The lowest BCUT2D eigenvalue weighted by Gasteiger charge is -2.12. The first-order chi connectivity index (χ1) is 11.3. The van der Waals surface area contributed by atoms with Gasteiger partial charge in [0.05, 0.1) is 5.69 Å². The molecule has 0 spiro atoms. The molecule has 2 aromatic carbocycles. The van der Waals surface area contributed by atoms with E-state index in [1.54, 1.807) is 18.2 Å². The highest BCUT2D eigenvalue weighted by Crippen LogP contribution is 2.23. The van der Waals surface area contributed by atoms with Gasteiger partial charge in [-0.3, -0.25) is 10.1 Å². The number of phenols is 1. The maximum atomic E-state index is 11.9. The molecule has 0 atom stereocenters. The van der Waals surface area contributed by atoms with Crippen LogP contribution in [0, 0.1) is 20.8 Å². The third-order valence-corrected chi connectivity index (χ3v) is 3.71. The number of hydrogen-bond donors (Lipinski definition) is 3. The molecule has 0 saturated heterocycles. The Hall–Kier alpha value is -2.60. The Morgan fingerprint density at radius 2 is 1.88 bits per heavy atom. The molecule has 0 unspecified atom stereocenters. The van der Waals surface area contributed by atoms with Crippen LogP contribution >= 0.6 is 12.2 Å². The number of nitrogens with one attached hydrogen (secondary N) is 2. The van der Waals surface area contributed by atoms with Crippen molar-refractivity contribution in [3.63, 3.8) is 0 Å². The summed E-state index contributed by atoms with van der Waals surface area (Å²) in [6, 6.07) is 10.7. The predicted molar refractivity (Wildman–Crippen MR) is 98.6 cm³/mol. The maximum Gasteiger partial charge on any atom is 0.264 e. The van der Waals surface area contributed by atoms with Crippen LogP contribution in [-0.4, -0.2) is 22.7 Å². The van der Waals surface area contributed by atoms with Crippen LogP contribution in [0.4, 0.5) is 5.69 Å². The number of amides is 1. The van der Waals surface area contributed by atoms with E-state index in [0.717, 1.165) is 16.7 Å². The van der Waals surface area contributed by atoms with E-state index in [2.05, 4.69) is 10.6 Å². The summed E-state index contributed by atoms with van der Waals surface area (Å²) >= 11 is 5.07. The summed E-state index contributed by atoms with van der Waals surface area (Å²) in [4.78, 5) is 11.9. The first-order valence-electron chi connectivity index (χ1n) is 7.45. The van der Waals surface area contributed by atoms with Crippen LogP contribution < -0.4 is 15.4 Å². The fraction of sp³-hybridized carbons (Fsp3) is 0.222. The largest absolute Gasteiger partial charge is 0.506 e. The van der Waals surface area contributed by atoms with E-state index in [4.69, 9.17) is 17.0 Å². The summed E-state index contributed by atoms with van der Waals surface area (Å²) in [5.41, 5.74) is 3.66. The van der Waals surface area contributed by atoms with Crippen LogP contribution in [0.2, 0.25) is 0 Å². The predicted octanol–water partition coefficient (Wildman–Crippen LogP) is 3.21. The van der Waals surface area contributed by atoms with Crippen LogP contribution in [-0.2, 0) is 4.79 Å². The normalized spacial score (nSPS) is 10.1. The van der Waals surface area contributed by atoms with Crippen molar-refractivity contribution in [3.8, 4) is 11.5 Å². The molecule has 2 aromatic rings. The second-order valence-corrected chi connectivity index (χ2v) is 5.97. The standard InChI is InChI=1S/C18H20N2O3S/c1-11-4-7-16(21)15(8-11)19-18(24)20-17(22)10-23-14-6-5-12(2)13(3)9-14/h4-9,21H,10H2,1-3H3,(H2,19,20,22,24). The molecular weight excluding hydrogens is 324 g/mol. The minimum absolute atomic E-state index is 0.0589. The van der Waals surface area contributed by atoms with Crippen molar-refractivity contribution in [2.75, 3.05) is 11.9 Å². The molecule has 1 amide bonds. The Morgan fingerprint density at radius 1 is 1.12 bits per heavy atom. The lowest BCUT2D eigenvalue weighted by atomic mass is 10.1. The highest BCUT2D eigenvalue weighted by atomic mass is 32.1. The molecule has 0 radical (unpaired) electrons. The average molecular weight is 344 g/mol. The average Bonchev–Trinajstić information content (AvgIpc) is 2.52. The number of anilines is 1. The summed E-state index contributed by atoms with van der Waals surface area (Å²) in [6.45, 7) is 5.74. The third kappa shape index (κ3) is 4.96. The van der Waals surface area contributed by atoms with Crippen molar-refractivity contribution in [1.82, 2.24) is 5.32 Å². The molecule has 0 heterocycles. The van der Waals surface area contributed by atoms with Gasteiger partial charge in [0.1, 0.15) is 11.5 Å². The molecule has 3 N–H and O–H groups in total. The van der Waals surface area contributed by atoms with Crippen LogP contribution in [0.25, 0.3) is 0 Å². The number of thiocarbonyl (C=S) groups is 1. The van der Waals surface area contributed by atoms with Crippen molar-refractivity contribution >= 4 is 28.9 Å². The minimum atomic E-state index is -0.377. The molecule has 0 aliphatic rings. The summed E-state index contributed by atoms with van der Waals surface area (Å²) in [7, 11) is 0. The van der Waals surface area contributed by atoms with Crippen LogP contribution in [0.5, 0.6) is 11.5 Å². The first kappa shape index (κ1) is 17.7. The van der Waals surface area contributed by atoms with Gasteiger partial charge in [0.2, 0.25) is 0 Å². The van der Waals surface area contributed by atoms with E-state index < -0.39 is 0 Å². The Balaban J connectivity index is 1.86. The van der Waals surface area contributed by atoms with Gasteiger partial charge in [-0.15, -0.1) is 0 Å². The third-order valence-electron chi connectivity index (χ3n) is 3.50. The SMILES string of the molecule is Cc1ccc(O)c(NC(=S)NC(=O)COc2ccc(C)c(C)c2)c1. The number of phenolic OH excluding ortho intramolecular Hbond substituents is 1. The Labute approximate surface area is 146 Å². The highest BCUT2D eigenvalue weighted by molar-refractivity contribution is 7.80. The van der Waals surface area contributed by atoms with Gasteiger partial charge in [0.25, 0.3) is 5.91 Å². The zero-order valence-electron chi connectivity index (χ0n) is 13.8. The van der Waals surface area contributed by atoms with Crippen molar-refractivity contribution in [1.29, 1.82) is 0 Å². The number of rotatable bonds is 4. The first-order valence-corrected chi connectivity index (χ1v) is 7.86. The number of carbonyl (C=O) groups excluding carboxylic acids is 1. The van der Waals surface area contributed by atoms with Gasteiger partial charge < -0.3 is 15.2 Å². The van der Waals surface area contributed by atoms with Gasteiger partial charge in [0, 0.05) is 0 Å². The van der Waals surface area contributed by atoms with Gasteiger partial charge in [-0.2, -0.15) is 0 Å². The van der Waals surface area contributed by atoms with Gasteiger partial charge in [-0.25, -0.2) is 0 Å². The number of hydrogen-bond acceptors (Lipinski definition) is 4. The molecule has 2 rings (SSSR count). The molecule has 0 saturated carbocycles. The summed E-state index contributed by atoms with van der Waals surface area (Å²) in [5, 5.41) is 15.2. The molecule has 0 aliphatic heterocycles. The fourth-order valence-corrected chi connectivity index (χ4v) is 2.24. The van der Waals surface area contributed by atoms with E-state index in [9.17, 15) is 9.90 Å². The summed E-state index contributed by atoms with van der Waals surface area (Å²) in [5.74, 6) is 0.310. The molecule has 24 heavy (non-hydrogen) atoms. The van der Waals surface area contributed by atoms with E-state index in [1.165, 1.54) is 0 Å². The van der Waals surface area contributed by atoms with Crippen LogP contribution in [0.15, 0.2) is 36.4 Å². The number of benzene rings is 2. The molecule has 0 bridgehead atoms. The number of aromatic hydroxyl groups is 1. The number of ether oxygens (including phenoxy) is 1. The Morgan fingerprint density at radius 3 is 2.58 bits per heavy atom. The van der Waals surface area contributed by atoms with Gasteiger partial charge in [-0.1, -0.05) is 12.1 Å². The summed E-state index contributed by atoms with van der Waals surface area (Å²) < 4.78 is 5.45. The highest BCUT2D eigenvalue weighted by Gasteiger charge is 2.08. The molecule has 5 nitrogen and oxygen atoms in total. The quantitative estimate of drug-likeness (QED) is 0.587. The summed E-state index contributed by atoms with van der Waals surface area (Å²) in [6.07, 6.45) is 0. The van der Waals surface area contributed by atoms with Crippen molar-refractivity contribution in [2.24, 2.45) is 0 Å². The Kier molecular flexibility index (Phi) is 5.76. The lowest BCUT2D eigenvalue weighted by molar-refractivity contribution is -0.121. The molecular formula is C18H20N2O3S. The molecule has 0 fully saturated rings. The second-order valence-electron chi connectivity index (χ2n) is 5.56. The van der Waals surface area contributed by atoms with E-state index in [1.807, 2.05) is 39.0 Å². The topological polar surface area (TPSA) is 70.6 Å². The van der Waals surface area contributed by atoms with Gasteiger partial charge in [0.15, 0.2) is 11.7 Å². The van der Waals surface area contributed by atoms with Crippen LogP contribution in [0.1, 0.15) is 16.7 Å². The second kappa shape index (κ2) is 7.79. The Bertz CT molecular complexity index is 775. The zero-order chi connectivity index (χ0) is 17.7. The van der Waals surface area contributed by atoms with Crippen LogP contribution in [0.3, 0.4) is 0 Å². The smallest absolute Gasteiger partial charge is 0.264 e. The number of aryl methyl sites for hydroxylation is 3. The van der Waals surface area contributed by atoms with Gasteiger partial charge in [-0.05, 0) is 73.9 Å². The zero-order valence-corrected chi connectivity index (χ0v) is 14.7. The van der Waals surface area contributed by atoms with E-state index >= 15 is 0 Å². The lowest BCUT2D eigenvalue weighted by Crippen LogP contribution is -2.37. The minimum Gasteiger partial charge on any atom is -0.506 e. The molecule has 126 valence electrons. The van der Waals surface area contributed by atoms with Gasteiger partial charge >= 0.3 is 0 Å². The molecule has 0 aliphatic carbocycles. The van der Waals surface area contributed by atoms with E-state index in [-0.39, 0.29) is 23.4 Å². The van der Waals surface area contributed by atoms with Crippen molar-refractivity contribution < 1.29 is 14.6 Å². The van der Waals surface area contributed by atoms with E-state index in [0.29, 0.717) is 11.4 Å². The fourth-order valence-electron chi connectivity index (χ4n) is 2.02.